The first-order chi connectivity index (χ1) is 12.1. The summed E-state index contributed by atoms with van der Waals surface area (Å²) in [4.78, 5) is 28.8. The predicted octanol–water partition coefficient (Wildman–Crippen LogP) is 3.15. The number of thioether (sulfide) groups is 1. The van der Waals surface area contributed by atoms with E-state index in [-0.39, 0.29) is 24.4 Å². The lowest BCUT2D eigenvalue weighted by molar-refractivity contribution is -0.116. The zero-order valence-corrected chi connectivity index (χ0v) is 16.4. The molecule has 3 aromatic rings. The van der Waals surface area contributed by atoms with Crippen LogP contribution in [0.15, 0.2) is 38.1 Å². The van der Waals surface area contributed by atoms with Gasteiger partial charge in [0.2, 0.25) is 11.0 Å². The maximum absolute atomic E-state index is 12.5. The van der Waals surface area contributed by atoms with Crippen LogP contribution in [0.25, 0.3) is 10.9 Å². The zero-order chi connectivity index (χ0) is 17.8. The molecule has 1 amide bonds. The second-order valence-electron chi connectivity index (χ2n) is 5.01. The van der Waals surface area contributed by atoms with E-state index >= 15 is 0 Å². The van der Waals surface area contributed by atoms with Gasteiger partial charge in [-0.05, 0) is 24.0 Å². The highest BCUT2D eigenvalue weighted by atomic mass is 79.9. The Bertz CT molecular complexity index is 972. The molecule has 130 valence electrons. The van der Waals surface area contributed by atoms with Gasteiger partial charge in [0, 0.05) is 17.4 Å². The van der Waals surface area contributed by atoms with Gasteiger partial charge in [0.1, 0.15) is 0 Å². The van der Waals surface area contributed by atoms with Gasteiger partial charge in [0.05, 0.1) is 17.2 Å². The Morgan fingerprint density at radius 1 is 1.40 bits per heavy atom. The Hall–Kier alpha value is -1.78. The maximum atomic E-state index is 12.5. The molecule has 0 saturated heterocycles. The molecular formula is C15H14BrN5O2S2. The van der Waals surface area contributed by atoms with Gasteiger partial charge >= 0.3 is 0 Å². The van der Waals surface area contributed by atoms with E-state index in [1.807, 2.05) is 13.0 Å². The fourth-order valence-electron chi connectivity index (χ4n) is 2.14. The molecule has 0 saturated carbocycles. The summed E-state index contributed by atoms with van der Waals surface area (Å²) < 4.78 is 3.07. The van der Waals surface area contributed by atoms with E-state index in [9.17, 15) is 9.59 Å². The molecule has 3 rings (SSSR count). The van der Waals surface area contributed by atoms with Crippen molar-refractivity contribution in [1.82, 2.24) is 19.7 Å². The molecule has 7 nitrogen and oxygen atoms in total. The Labute approximate surface area is 160 Å². The summed E-state index contributed by atoms with van der Waals surface area (Å²) in [6.45, 7) is 2.27. The summed E-state index contributed by atoms with van der Waals surface area (Å²) in [6.07, 6.45) is 1.61. The van der Waals surface area contributed by atoms with E-state index < -0.39 is 0 Å². The SMILES string of the molecule is CCSc1nnc(NC(=O)CCn2cnc3ccc(Br)cc3c2=O)s1. The number of benzene rings is 1. The summed E-state index contributed by atoms with van der Waals surface area (Å²) in [5.74, 6) is 0.682. The fraction of sp³-hybridized carbons (Fsp3) is 0.267. The van der Waals surface area contributed by atoms with Crippen molar-refractivity contribution in [2.24, 2.45) is 0 Å². The van der Waals surface area contributed by atoms with Crippen LogP contribution in [0.5, 0.6) is 0 Å². The van der Waals surface area contributed by atoms with Crippen LogP contribution in [-0.4, -0.2) is 31.4 Å². The highest BCUT2D eigenvalue weighted by Gasteiger charge is 2.10. The zero-order valence-electron chi connectivity index (χ0n) is 13.2. The van der Waals surface area contributed by atoms with Crippen LogP contribution in [0, 0.1) is 0 Å². The van der Waals surface area contributed by atoms with Crippen molar-refractivity contribution in [3.05, 3.63) is 39.4 Å². The Balaban J connectivity index is 1.66. The smallest absolute Gasteiger partial charge is 0.261 e. The molecule has 0 fully saturated rings. The second kappa shape index (κ2) is 8.07. The summed E-state index contributed by atoms with van der Waals surface area (Å²) >= 11 is 6.26. The molecule has 10 heteroatoms. The van der Waals surface area contributed by atoms with Gasteiger partial charge in [0.25, 0.3) is 5.56 Å². The molecule has 2 heterocycles. The first kappa shape index (κ1) is 18.0. The minimum absolute atomic E-state index is 0.150. The topological polar surface area (TPSA) is 89.8 Å². The minimum Gasteiger partial charge on any atom is -0.300 e. The molecule has 0 radical (unpaired) electrons. The molecule has 1 N–H and O–H groups in total. The third kappa shape index (κ3) is 4.44. The number of hydrogen-bond donors (Lipinski definition) is 1. The molecule has 0 aliphatic rings. The lowest BCUT2D eigenvalue weighted by Crippen LogP contribution is -2.23. The average molecular weight is 440 g/mol. The van der Waals surface area contributed by atoms with Gasteiger partial charge in [-0.1, -0.05) is 46.0 Å². The van der Waals surface area contributed by atoms with Crippen molar-refractivity contribution in [1.29, 1.82) is 0 Å². The third-order valence-electron chi connectivity index (χ3n) is 3.29. The highest BCUT2D eigenvalue weighted by molar-refractivity contribution is 9.10. The predicted molar refractivity (Wildman–Crippen MR) is 103 cm³/mol. The van der Waals surface area contributed by atoms with Crippen LogP contribution >= 0.6 is 39.0 Å². The van der Waals surface area contributed by atoms with Crippen LogP contribution in [-0.2, 0) is 11.3 Å². The lowest BCUT2D eigenvalue weighted by Gasteiger charge is -2.06. The third-order valence-corrected chi connectivity index (χ3v) is 5.63. The van der Waals surface area contributed by atoms with Crippen LogP contribution in [0.3, 0.4) is 0 Å². The number of rotatable bonds is 6. The van der Waals surface area contributed by atoms with Gasteiger partial charge in [-0.2, -0.15) is 0 Å². The molecule has 2 aromatic heterocycles. The number of carbonyl (C=O) groups is 1. The van der Waals surface area contributed by atoms with E-state index in [2.05, 4.69) is 36.4 Å². The van der Waals surface area contributed by atoms with Gasteiger partial charge in [-0.15, -0.1) is 10.2 Å². The molecule has 25 heavy (non-hydrogen) atoms. The monoisotopic (exact) mass is 439 g/mol. The minimum atomic E-state index is -0.217. The molecule has 1 aromatic carbocycles. The molecular weight excluding hydrogens is 426 g/mol. The first-order valence-electron chi connectivity index (χ1n) is 7.47. The quantitative estimate of drug-likeness (QED) is 0.468. The Morgan fingerprint density at radius 3 is 3.04 bits per heavy atom. The van der Waals surface area contributed by atoms with Crippen molar-refractivity contribution >= 4 is 61.0 Å². The largest absolute Gasteiger partial charge is 0.300 e. The number of aromatic nitrogens is 4. The number of carbonyl (C=O) groups excluding carboxylic acids is 1. The summed E-state index contributed by atoms with van der Waals surface area (Å²) in [6, 6.07) is 5.34. The molecule has 0 bridgehead atoms. The van der Waals surface area contributed by atoms with Crippen molar-refractivity contribution < 1.29 is 4.79 Å². The number of halogens is 1. The van der Waals surface area contributed by atoms with Crippen molar-refractivity contribution in [3.8, 4) is 0 Å². The number of hydrogen-bond acceptors (Lipinski definition) is 7. The van der Waals surface area contributed by atoms with Crippen molar-refractivity contribution in [3.63, 3.8) is 0 Å². The van der Waals surface area contributed by atoms with E-state index in [4.69, 9.17) is 0 Å². The van der Waals surface area contributed by atoms with Gasteiger partial charge in [-0.3, -0.25) is 14.2 Å². The van der Waals surface area contributed by atoms with E-state index in [1.165, 1.54) is 22.2 Å². The summed E-state index contributed by atoms with van der Waals surface area (Å²) in [7, 11) is 0. The van der Waals surface area contributed by atoms with Gasteiger partial charge in [-0.25, -0.2) is 4.98 Å². The average Bonchev–Trinajstić information content (AvgIpc) is 3.02. The molecule has 0 aliphatic carbocycles. The van der Waals surface area contributed by atoms with E-state index in [0.29, 0.717) is 16.0 Å². The van der Waals surface area contributed by atoms with Crippen LogP contribution in [0.1, 0.15) is 13.3 Å². The number of anilines is 1. The standard InChI is InChI=1S/C15H14BrN5O2S2/c1-2-24-15-20-19-14(25-15)18-12(22)5-6-21-8-17-11-4-3-9(16)7-10(11)13(21)23/h3-4,7-8H,2,5-6H2,1H3,(H,18,19,22). The van der Waals surface area contributed by atoms with Crippen molar-refractivity contribution in [2.45, 2.75) is 24.2 Å². The fourth-order valence-corrected chi connectivity index (χ4v) is 4.16. The molecule has 0 aliphatic heterocycles. The summed E-state index contributed by atoms with van der Waals surface area (Å²) in [5.41, 5.74) is 0.459. The van der Waals surface area contributed by atoms with Crippen LogP contribution < -0.4 is 10.9 Å². The second-order valence-corrected chi connectivity index (χ2v) is 8.41. The van der Waals surface area contributed by atoms with Crippen LogP contribution in [0.4, 0.5) is 5.13 Å². The van der Waals surface area contributed by atoms with Gasteiger partial charge < -0.3 is 5.32 Å². The number of nitrogens with zero attached hydrogens (tertiary/aromatic N) is 4. The molecule has 0 spiro atoms. The van der Waals surface area contributed by atoms with Crippen molar-refractivity contribution in [2.75, 3.05) is 11.1 Å². The number of amides is 1. The summed E-state index contributed by atoms with van der Waals surface area (Å²) in [5, 5.41) is 11.6. The van der Waals surface area contributed by atoms with E-state index in [1.54, 1.807) is 23.9 Å². The maximum Gasteiger partial charge on any atom is 0.261 e. The lowest BCUT2D eigenvalue weighted by atomic mass is 10.2. The highest BCUT2D eigenvalue weighted by Crippen LogP contribution is 2.25. The number of nitrogens with one attached hydrogen (secondary N) is 1. The molecule has 0 atom stereocenters. The Kier molecular flexibility index (Phi) is 5.82. The Morgan fingerprint density at radius 2 is 2.24 bits per heavy atom. The normalized spacial score (nSPS) is 11.0. The van der Waals surface area contributed by atoms with E-state index in [0.717, 1.165) is 14.6 Å². The number of aryl methyl sites for hydroxylation is 1. The number of fused-ring (bicyclic) bond motifs is 1. The first-order valence-corrected chi connectivity index (χ1v) is 10.1. The molecule has 0 unspecified atom stereocenters. The van der Waals surface area contributed by atoms with Crippen LogP contribution in [0.2, 0.25) is 0 Å². The van der Waals surface area contributed by atoms with Gasteiger partial charge in [0.15, 0.2) is 4.34 Å².